The highest BCUT2D eigenvalue weighted by Gasteiger charge is 2.23. The third kappa shape index (κ3) is 2.93. The smallest absolute Gasteiger partial charge is 0.257 e. The van der Waals surface area contributed by atoms with Crippen molar-refractivity contribution in [2.75, 3.05) is 11.2 Å². The summed E-state index contributed by atoms with van der Waals surface area (Å²) < 4.78 is 0. The quantitative estimate of drug-likeness (QED) is 0.567. The number of para-hydroxylation sites is 3. The van der Waals surface area contributed by atoms with E-state index in [1.54, 1.807) is 0 Å². The number of carbonyl (C=O) groups excluding carboxylic acids is 1. The lowest BCUT2D eigenvalue weighted by molar-refractivity contribution is -0.115. The summed E-state index contributed by atoms with van der Waals surface area (Å²) >= 11 is 1.37. The zero-order chi connectivity index (χ0) is 16.4. The first-order valence-corrected chi connectivity index (χ1v) is 8.37. The van der Waals surface area contributed by atoms with E-state index in [1.165, 1.54) is 11.8 Å². The molecular formula is C17H13N5OS. The summed E-state index contributed by atoms with van der Waals surface area (Å²) in [4.78, 5) is 23.4. The number of hydrogen-bond acceptors (Lipinski definition) is 5. The van der Waals surface area contributed by atoms with Gasteiger partial charge in [0.1, 0.15) is 5.04 Å². The zero-order valence-electron chi connectivity index (χ0n) is 12.6. The van der Waals surface area contributed by atoms with Gasteiger partial charge in [-0.2, -0.15) is 5.10 Å². The number of carbonyl (C=O) groups is 1. The minimum Gasteiger partial charge on any atom is -0.337 e. The Morgan fingerprint density at radius 3 is 2.67 bits per heavy atom. The van der Waals surface area contributed by atoms with Gasteiger partial charge in [0, 0.05) is 0 Å². The summed E-state index contributed by atoms with van der Waals surface area (Å²) in [6.45, 7) is 0. The largest absolute Gasteiger partial charge is 0.337 e. The van der Waals surface area contributed by atoms with Crippen LogP contribution in [-0.2, 0) is 4.79 Å². The van der Waals surface area contributed by atoms with Crippen molar-refractivity contribution in [2.24, 2.45) is 10.1 Å². The Hall–Kier alpha value is -2.93. The van der Waals surface area contributed by atoms with E-state index in [0.29, 0.717) is 22.3 Å². The standard InChI is InChI=1S/C17H13N5OS/c23-14-10-24-17(20-14)15(22-21-11-6-2-1-3-7-11)16-18-12-8-4-5-9-13(12)19-16/h1-9,21H,10H2,(H,18,19)/b22-15+. The van der Waals surface area contributed by atoms with Gasteiger partial charge in [0.15, 0.2) is 11.5 Å². The Bertz CT molecular complexity index is 928. The Labute approximate surface area is 142 Å². The average molecular weight is 335 g/mol. The highest BCUT2D eigenvalue weighted by Crippen LogP contribution is 2.19. The summed E-state index contributed by atoms with van der Waals surface area (Å²) in [7, 11) is 0. The van der Waals surface area contributed by atoms with Gasteiger partial charge in [-0.05, 0) is 24.3 Å². The van der Waals surface area contributed by atoms with Crippen LogP contribution >= 0.6 is 11.8 Å². The number of rotatable bonds is 4. The lowest BCUT2D eigenvalue weighted by atomic mass is 10.3. The number of imidazole rings is 1. The summed E-state index contributed by atoms with van der Waals surface area (Å²) in [6.07, 6.45) is 0. The van der Waals surface area contributed by atoms with Gasteiger partial charge in [-0.15, -0.1) is 0 Å². The minimum absolute atomic E-state index is 0.154. The van der Waals surface area contributed by atoms with Crippen LogP contribution < -0.4 is 5.43 Å². The number of aliphatic imine (C=N–C) groups is 1. The molecule has 6 nitrogen and oxygen atoms in total. The number of fused-ring (bicyclic) bond motifs is 1. The monoisotopic (exact) mass is 335 g/mol. The molecule has 7 heteroatoms. The summed E-state index contributed by atoms with van der Waals surface area (Å²) in [6, 6.07) is 17.3. The van der Waals surface area contributed by atoms with Crippen molar-refractivity contribution in [1.29, 1.82) is 0 Å². The number of hydrogen-bond donors (Lipinski definition) is 2. The fourth-order valence-corrected chi connectivity index (χ4v) is 3.10. The second-order valence-corrected chi connectivity index (χ2v) is 6.10. The number of aromatic amines is 1. The van der Waals surface area contributed by atoms with E-state index < -0.39 is 0 Å². The van der Waals surface area contributed by atoms with Gasteiger partial charge in [0.25, 0.3) is 5.91 Å². The van der Waals surface area contributed by atoms with E-state index in [2.05, 4.69) is 25.5 Å². The molecule has 4 rings (SSSR count). The Morgan fingerprint density at radius 2 is 1.92 bits per heavy atom. The molecule has 1 amide bonds. The molecule has 1 aliphatic rings. The fraction of sp³-hybridized carbons (Fsp3) is 0.0588. The molecule has 0 atom stereocenters. The van der Waals surface area contributed by atoms with Crippen molar-refractivity contribution in [3.8, 4) is 0 Å². The van der Waals surface area contributed by atoms with E-state index in [0.717, 1.165) is 16.7 Å². The predicted molar refractivity (Wildman–Crippen MR) is 97.6 cm³/mol. The van der Waals surface area contributed by atoms with Gasteiger partial charge in [0.2, 0.25) is 0 Å². The molecule has 0 fully saturated rings. The van der Waals surface area contributed by atoms with E-state index in [4.69, 9.17) is 0 Å². The average Bonchev–Trinajstić information content (AvgIpc) is 3.22. The van der Waals surface area contributed by atoms with Crippen LogP contribution in [0.3, 0.4) is 0 Å². The number of aromatic nitrogens is 2. The molecule has 0 spiro atoms. The molecule has 0 unspecified atom stereocenters. The summed E-state index contributed by atoms with van der Waals surface area (Å²) in [5.74, 6) is 0.763. The van der Waals surface area contributed by atoms with Crippen LogP contribution in [0.25, 0.3) is 11.0 Å². The summed E-state index contributed by atoms with van der Waals surface area (Å²) in [5, 5.41) is 5.02. The van der Waals surface area contributed by atoms with Gasteiger partial charge in [-0.25, -0.2) is 9.98 Å². The SMILES string of the molecule is O=C1CSC(/C(=N/Nc2ccccc2)c2nc3ccccc3[nH]2)=N1. The van der Waals surface area contributed by atoms with Crippen LogP contribution in [-0.4, -0.2) is 32.4 Å². The van der Waals surface area contributed by atoms with Crippen molar-refractivity contribution < 1.29 is 4.79 Å². The van der Waals surface area contributed by atoms with Crippen LogP contribution in [0.5, 0.6) is 0 Å². The molecule has 0 saturated heterocycles. The third-order valence-corrected chi connectivity index (χ3v) is 4.39. The number of H-pyrrole nitrogens is 1. The molecule has 24 heavy (non-hydrogen) atoms. The molecule has 2 N–H and O–H groups in total. The van der Waals surface area contributed by atoms with Gasteiger partial charge in [-0.1, -0.05) is 42.1 Å². The molecule has 3 aromatic rings. The van der Waals surface area contributed by atoms with Crippen molar-refractivity contribution in [1.82, 2.24) is 9.97 Å². The van der Waals surface area contributed by atoms with Crippen LogP contribution in [0.15, 0.2) is 64.7 Å². The van der Waals surface area contributed by atoms with Crippen LogP contribution in [0.1, 0.15) is 5.82 Å². The van der Waals surface area contributed by atoms with Crippen molar-refractivity contribution in [3.63, 3.8) is 0 Å². The zero-order valence-corrected chi connectivity index (χ0v) is 13.4. The summed E-state index contributed by atoms with van der Waals surface area (Å²) in [5.41, 5.74) is 6.14. The maximum Gasteiger partial charge on any atom is 0.257 e. The lowest BCUT2D eigenvalue weighted by Crippen LogP contribution is -2.15. The number of hydrazone groups is 1. The minimum atomic E-state index is -0.154. The first-order chi connectivity index (χ1) is 11.8. The first-order valence-electron chi connectivity index (χ1n) is 7.38. The Kier molecular flexibility index (Phi) is 3.84. The highest BCUT2D eigenvalue weighted by atomic mass is 32.2. The molecule has 1 aromatic heterocycles. The van der Waals surface area contributed by atoms with Gasteiger partial charge in [-0.3, -0.25) is 10.2 Å². The predicted octanol–water partition coefficient (Wildman–Crippen LogP) is 3.05. The molecule has 2 aromatic carbocycles. The number of nitrogens with one attached hydrogen (secondary N) is 2. The number of benzene rings is 2. The van der Waals surface area contributed by atoms with Crippen LogP contribution in [0.2, 0.25) is 0 Å². The first kappa shape index (κ1) is 14.6. The number of amides is 1. The molecular weight excluding hydrogens is 322 g/mol. The maximum absolute atomic E-state index is 11.5. The lowest BCUT2D eigenvalue weighted by Gasteiger charge is -2.04. The van der Waals surface area contributed by atoms with Gasteiger partial charge < -0.3 is 4.98 Å². The van der Waals surface area contributed by atoms with E-state index >= 15 is 0 Å². The second kappa shape index (κ2) is 6.29. The Morgan fingerprint density at radius 1 is 1.12 bits per heavy atom. The Balaban J connectivity index is 1.75. The highest BCUT2D eigenvalue weighted by molar-refractivity contribution is 8.16. The van der Waals surface area contributed by atoms with Gasteiger partial charge >= 0.3 is 0 Å². The van der Waals surface area contributed by atoms with Crippen LogP contribution in [0, 0.1) is 0 Å². The number of nitrogens with zero attached hydrogens (tertiary/aromatic N) is 3. The normalized spacial score (nSPS) is 14.9. The molecule has 1 aliphatic heterocycles. The second-order valence-electron chi connectivity index (χ2n) is 5.14. The molecule has 2 heterocycles. The molecule has 0 radical (unpaired) electrons. The van der Waals surface area contributed by atoms with E-state index in [9.17, 15) is 4.79 Å². The van der Waals surface area contributed by atoms with E-state index in [1.807, 2.05) is 54.6 Å². The van der Waals surface area contributed by atoms with Gasteiger partial charge in [0.05, 0.1) is 22.5 Å². The van der Waals surface area contributed by atoms with Crippen molar-refractivity contribution >= 4 is 45.1 Å². The third-order valence-electron chi connectivity index (χ3n) is 3.45. The van der Waals surface area contributed by atoms with Crippen LogP contribution in [0.4, 0.5) is 5.69 Å². The fourth-order valence-electron chi connectivity index (χ4n) is 2.33. The van der Waals surface area contributed by atoms with Crippen molar-refractivity contribution in [3.05, 3.63) is 60.4 Å². The van der Waals surface area contributed by atoms with Crippen molar-refractivity contribution in [2.45, 2.75) is 0 Å². The maximum atomic E-state index is 11.5. The molecule has 118 valence electrons. The number of thioether (sulfide) groups is 1. The number of anilines is 1. The molecule has 0 aliphatic carbocycles. The molecule has 0 bridgehead atoms. The topological polar surface area (TPSA) is 82.5 Å². The molecule has 0 saturated carbocycles. The van der Waals surface area contributed by atoms with E-state index in [-0.39, 0.29) is 5.91 Å².